The molecule has 2 nitrogen and oxygen atoms in total. The number of allylic oxidation sites excluding steroid dienone is 1. The van der Waals surface area contributed by atoms with Gasteiger partial charge in [0.2, 0.25) is 0 Å². The fourth-order valence-corrected chi connectivity index (χ4v) is 1.49. The number of aliphatic carboxylic acids is 1. The second-order valence-corrected chi connectivity index (χ2v) is 3.03. The number of rotatable bonds is 1. The first kappa shape index (κ1) is 7.66. The maximum Gasteiger partial charge on any atom is 0.332 e. The summed E-state index contributed by atoms with van der Waals surface area (Å²) >= 11 is 4.15. The van der Waals surface area contributed by atoms with Crippen LogP contribution in [0.1, 0.15) is 19.3 Å². The monoisotopic (exact) mass is 158 g/mol. The lowest BCUT2D eigenvalue weighted by Gasteiger charge is -2.15. The van der Waals surface area contributed by atoms with Gasteiger partial charge in [-0.1, -0.05) is 6.08 Å². The molecule has 3 heteroatoms. The van der Waals surface area contributed by atoms with E-state index in [1.807, 2.05) is 0 Å². The molecule has 0 aliphatic heterocycles. The van der Waals surface area contributed by atoms with Crippen molar-refractivity contribution in [2.75, 3.05) is 0 Å². The Hall–Kier alpha value is -0.440. The Bertz CT molecular complexity index is 174. The summed E-state index contributed by atoms with van der Waals surface area (Å²) in [4.78, 5) is 10.4. The lowest BCUT2D eigenvalue weighted by molar-refractivity contribution is -0.132. The minimum atomic E-state index is -0.820. The number of carboxylic acids is 1. The topological polar surface area (TPSA) is 37.3 Å². The Labute approximate surface area is 65.3 Å². The van der Waals surface area contributed by atoms with Crippen molar-refractivity contribution in [1.29, 1.82) is 0 Å². The van der Waals surface area contributed by atoms with Crippen LogP contribution in [-0.4, -0.2) is 16.3 Å². The molecule has 1 unspecified atom stereocenters. The van der Waals surface area contributed by atoms with Crippen LogP contribution in [-0.2, 0) is 4.79 Å². The Kier molecular flexibility index (Phi) is 2.38. The van der Waals surface area contributed by atoms with Gasteiger partial charge in [0, 0.05) is 10.8 Å². The van der Waals surface area contributed by atoms with Gasteiger partial charge in [-0.15, -0.1) is 0 Å². The van der Waals surface area contributed by atoms with Crippen LogP contribution in [0.15, 0.2) is 11.6 Å². The van der Waals surface area contributed by atoms with E-state index < -0.39 is 5.97 Å². The van der Waals surface area contributed by atoms with Crippen molar-refractivity contribution in [3.63, 3.8) is 0 Å². The van der Waals surface area contributed by atoms with Crippen LogP contribution in [0.3, 0.4) is 0 Å². The molecule has 0 bridgehead atoms. The molecule has 0 heterocycles. The number of hydrogen-bond donors (Lipinski definition) is 2. The van der Waals surface area contributed by atoms with Gasteiger partial charge in [-0.3, -0.25) is 0 Å². The highest BCUT2D eigenvalue weighted by Gasteiger charge is 2.18. The van der Waals surface area contributed by atoms with Crippen LogP contribution in [0.2, 0.25) is 0 Å². The first-order chi connectivity index (χ1) is 4.72. The summed E-state index contributed by atoms with van der Waals surface area (Å²) < 4.78 is 0. The Morgan fingerprint density at radius 2 is 2.50 bits per heavy atom. The Morgan fingerprint density at radius 3 is 2.90 bits per heavy atom. The van der Waals surface area contributed by atoms with E-state index in [9.17, 15) is 4.79 Å². The molecule has 1 aliphatic carbocycles. The zero-order valence-corrected chi connectivity index (χ0v) is 6.47. The van der Waals surface area contributed by atoms with Crippen molar-refractivity contribution in [3.05, 3.63) is 11.6 Å². The van der Waals surface area contributed by atoms with Crippen molar-refractivity contribution in [1.82, 2.24) is 0 Å². The molecular formula is C7H10O2S. The van der Waals surface area contributed by atoms with Crippen LogP contribution >= 0.6 is 12.6 Å². The molecule has 0 amide bonds. The predicted molar refractivity (Wildman–Crippen MR) is 42.3 cm³/mol. The summed E-state index contributed by atoms with van der Waals surface area (Å²) in [6.07, 6.45) is 4.61. The summed E-state index contributed by atoms with van der Waals surface area (Å²) in [5.41, 5.74) is 0.467. The third kappa shape index (κ3) is 1.53. The molecule has 0 spiro atoms. The van der Waals surface area contributed by atoms with Crippen LogP contribution in [0, 0.1) is 0 Å². The lowest BCUT2D eigenvalue weighted by Crippen LogP contribution is -2.15. The van der Waals surface area contributed by atoms with Crippen LogP contribution in [0.25, 0.3) is 0 Å². The molecule has 0 radical (unpaired) electrons. The van der Waals surface area contributed by atoms with E-state index >= 15 is 0 Å². The molecule has 10 heavy (non-hydrogen) atoms. The number of thiol groups is 1. The van der Waals surface area contributed by atoms with E-state index in [1.165, 1.54) is 0 Å². The summed E-state index contributed by atoms with van der Waals surface area (Å²) in [5.74, 6) is -0.820. The van der Waals surface area contributed by atoms with E-state index in [1.54, 1.807) is 6.08 Å². The van der Waals surface area contributed by atoms with E-state index in [0.717, 1.165) is 19.3 Å². The average Bonchev–Trinajstić information content (AvgIpc) is 1.88. The van der Waals surface area contributed by atoms with E-state index in [2.05, 4.69) is 12.6 Å². The van der Waals surface area contributed by atoms with Gasteiger partial charge in [0.1, 0.15) is 0 Å². The van der Waals surface area contributed by atoms with Gasteiger partial charge in [0.05, 0.1) is 0 Å². The first-order valence-electron chi connectivity index (χ1n) is 3.33. The SMILES string of the molecule is O=C(O)C1=CCCCC1S. The number of carboxylic acid groups (broad SMARTS) is 1. The van der Waals surface area contributed by atoms with Gasteiger partial charge in [-0.05, 0) is 19.3 Å². The highest BCUT2D eigenvalue weighted by molar-refractivity contribution is 7.81. The molecule has 0 aromatic heterocycles. The minimum Gasteiger partial charge on any atom is -0.478 e. The molecule has 1 N–H and O–H groups in total. The molecule has 1 atom stereocenters. The molecular weight excluding hydrogens is 148 g/mol. The summed E-state index contributed by atoms with van der Waals surface area (Å²) in [5, 5.41) is 8.54. The second-order valence-electron chi connectivity index (χ2n) is 2.41. The summed E-state index contributed by atoms with van der Waals surface area (Å²) in [6, 6.07) is 0. The van der Waals surface area contributed by atoms with Crippen LogP contribution in [0.5, 0.6) is 0 Å². The van der Waals surface area contributed by atoms with Gasteiger partial charge in [-0.25, -0.2) is 4.79 Å². The van der Waals surface area contributed by atoms with E-state index in [4.69, 9.17) is 5.11 Å². The maximum absolute atomic E-state index is 10.4. The van der Waals surface area contributed by atoms with Crippen molar-refractivity contribution in [3.8, 4) is 0 Å². The molecule has 0 aromatic carbocycles. The Morgan fingerprint density at radius 1 is 1.80 bits per heavy atom. The molecule has 0 aromatic rings. The zero-order chi connectivity index (χ0) is 7.56. The van der Waals surface area contributed by atoms with Gasteiger partial charge in [0.15, 0.2) is 0 Å². The summed E-state index contributed by atoms with van der Waals surface area (Å²) in [7, 11) is 0. The van der Waals surface area contributed by atoms with Crippen molar-refractivity contribution >= 4 is 18.6 Å². The Balaban J connectivity index is 2.71. The predicted octanol–water partition coefficient (Wildman–Crippen LogP) is 1.48. The van der Waals surface area contributed by atoms with Gasteiger partial charge >= 0.3 is 5.97 Å². The largest absolute Gasteiger partial charge is 0.478 e. The van der Waals surface area contributed by atoms with Crippen LogP contribution in [0.4, 0.5) is 0 Å². The van der Waals surface area contributed by atoms with E-state index in [0.29, 0.717) is 5.57 Å². The van der Waals surface area contributed by atoms with Gasteiger partial charge in [-0.2, -0.15) is 12.6 Å². The van der Waals surface area contributed by atoms with Gasteiger partial charge in [0.25, 0.3) is 0 Å². The van der Waals surface area contributed by atoms with Crippen molar-refractivity contribution < 1.29 is 9.90 Å². The zero-order valence-electron chi connectivity index (χ0n) is 5.58. The molecule has 0 fully saturated rings. The third-order valence-corrected chi connectivity index (χ3v) is 2.19. The quantitative estimate of drug-likeness (QED) is 0.567. The van der Waals surface area contributed by atoms with Crippen molar-refractivity contribution in [2.45, 2.75) is 24.5 Å². The number of carbonyl (C=O) groups is 1. The number of hydrogen-bond acceptors (Lipinski definition) is 2. The van der Waals surface area contributed by atoms with Crippen molar-refractivity contribution in [2.24, 2.45) is 0 Å². The molecule has 0 saturated heterocycles. The maximum atomic E-state index is 10.4. The molecule has 1 rings (SSSR count). The van der Waals surface area contributed by atoms with E-state index in [-0.39, 0.29) is 5.25 Å². The molecule has 0 saturated carbocycles. The smallest absolute Gasteiger partial charge is 0.332 e. The minimum absolute atomic E-state index is 0.0498. The first-order valence-corrected chi connectivity index (χ1v) is 3.85. The lowest BCUT2D eigenvalue weighted by atomic mass is 9.99. The average molecular weight is 158 g/mol. The standard InChI is InChI=1S/C7H10O2S/c8-7(9)5-3-1-2-4-6(5)10/h3,6,10H,1-2,4H2,(H,8,9). The highest BCUT2D eigenvalue weighted by Crippen LogP contribution is 2.22. The summed E-state index contributed by atoms with van der Waals surface area (Å²) in [6.45, 7) is 0. The fraction of sp³-hybridized carbons (Fsp3) is 0.571. The van der Waals surface area contributed by atoms with Crippen LogP contribution < -0.4 is 0 Å². The fourth-order valence-electron chi connectivity index (χ4n) is 1.09. The van der Waals surface area contributed by atoms with Gasteiger partial charge < -0.3 is 5.11 Å². The molecule has 1 aliphatic rings. The highest BCUT2D eigenvalue weighted by atomic mass is 32.1. The second kappa shape index (κ2) is 3.10. The normalized spacial score (nSPS) is 25.7. The molecule has 56 valence electrons. The third-order valence-electron chi connectivity index (χ3n) is 1.65.